The monoisotopic (exact) mass is 424 g/mol. The molecule has 0 bridgehead atoms. The molecule has 3 aromatic rings. The quantitative estimate of drug-likeness (QED) is 0.618. The van der Waals surface area contributed by atoms with Crippen molar-refractivity contribution >= 4 is 35.0 Å². The maximum Gasteiger partial charge on any atom is 0.258 e. The first-order valence-electron chi connectivity index (χ1n) is 9.30. The third-order valence-electron chi connectivity index (χ3n) is 4.91. The van der Waals surface area contributed by atoms with Gasteiger partial charge in [0.05, 0.1) is 17.0 Å². The number of hydrogen-bond acceptors (Lipinski definition) is 3. The number of carbonyl (C=O) groups excluding carboxylic acids is 2. The van der Waals surface area contributed by atoms with Crippen molar-refractivity contribution in [1.29, 1.82) is 0 Å². The summed E-state index contributed by atoms with van der Waals surface area (Å²) in [6, 6.07) is 17.5. The van der Waals surface area contributed by atoms with E-state index >= 15 is 0 Å². The Balaban J connectivity index is 1.63. The van der Waals surface area contributed by atoms with E-state index in [1.54, 1.807) is 48.2 Å². The molecule has 7 heteroatoms. The summed E-state index contributed by atoms with van der Waals surface area (Å²) in [5.74, 6) is -1.37. The number of nitrogens with zero attached hydrogens (tertiary/aromatic N) is 1. The standard InChI is InChI=1S/C23H18F2N2O2S/c1-14-18(24)10-5-11-20(14)27-21(28)13-30-23(27)15-6-4-7-16(12-15)26-22(29)17-8-2-3-9-19(17)25/h2-12,23H,13H2,1H3,(H,26,29)/t23-/m0/s1. The summed E-state index contributed by atoms with van der Waals surface area (Å²) in [4.78, 5) is 26.6. The van der Waals surface area contributed by atoms with Crippen molar-refractivity contribution in [3.63, 3.8) is 0 Å². The second-order valence-corrected chi connectivity index (χ2v) is 7.94. The van der Waals surface area contributed by atoms with Crippen LogP contribution in [-0.2, 0) is 4.79 Å². The van der Waals surface area contributed by atoms with Gasteiger partial charge in [-0.1, -0.05) is 30.3 Å². The Morgan fingerprint density at radius 2 is 1.77 bits per heavy atom. The summed E-state index contributed by atoms with van der Waals surface area (Å²) in [6.07, 6.45) is 0. The van der Waals surface area contributed by atoms with Crippen LogP contribution in [0.1, 0.15) is 26.9 Å². The van der Waals surface area contributed by atoms with E-state index in [1.807, 2.05) is 6.07 Å². The molecule has 1 atom stereocenters. The lowest BCUT2D eigenvalue weighted by Crippen LogP contribution is -2.28. The number of halogens is 2. The van der Waals surface area contributed by atoms with Gasteiger partial charge in [0.1, 0.15) is 17.0 Å². The predicted molar refractivity (Wildman–Crippen MR) is 115 cm³/mol. The fraction of sp³-hybridized carbons (Fsp3) is 0.130. The van der Waals surface area contributed by atoms with E-state index in [2.05, 4.69) is 5.32 Å². The summed E-state index contributed by atoms with van der Waals surface area (Å²) in [5.41, 5.74) is 2.14. The molecule has 1 fully saturated rings. The van der Waals surface area contributed by atoms with Crippen molar-refractivity contribution in [2.24, 2.45) is 0 Å². The molecule has 1 aliphatic rings. The molecule has 0 aliphatic carbocycles. The minimum absolute atomic E-state index is 0.0506. The van der Waals surface area contributed by atoms with Gasteiger partial charge in [0, 0.05) is 11.3 Å². The Morgan fingerprint density at radius 3 is 2.57 bits per heavy atom. The number of anilines is 2. The van der Waals surface area contributed by atoms with Crippen LogP contribution < -0.4 is 10.2 Å². The van der Waals surface area contributed by atoms with Gasteiger partial charge in [-0.2, -0.15) is 0 Å². The molecule has 2 amide bonds. The van der Waals surface area contributed by atoms with E-state index in [4.69, 9.17) is 0 Å². The molecule has 4 nitrogen and oxygen atoms in total. The van der Waals surface area contributed by atoms with Crippen LogP contribution in [0.5, 0.6) is 0 Å². The number of nitrogens with one attached hydrogen (secondary N) is 1. The highest BCUT2D eigenvalue weighted by Gasteiger charge is 2.35. The van der Waals surface area contributed by atoms with Gasteiger partial charge in [-0.15, -0.1) is 11.8 Å². The van der Waals surface area contributed by atoms with E-state index in [0.717, 1.165) is 5.56 Å². The third-order valence-corrected chi connectivity index (χ3v) is 6.13. The third kappa shape index (κ3) is 3.80. The van der Waals surface area contributed by atoms with Crippen molar-refractivity contribution in [3.05, 3.63) is 95.1 Å². The fourth-order valence-electron chi connectivity index (χ4n) is 3.40. The lowest BCUT2D eigenvalue weighted by molar-refractivity contribution is -0.115. The summed E-state index contributed by atoms with van der Waals surface area (Å²) < 4.78 is 27.9. The zero-order valence-electron chi connectivity index (χ0n) is 16.1. The zero-order valence-corrected chi connectivity index (χ0v) is 16.9. The molecule has 3 aromatic carbocycles. The van der Waals surface area contributed by atoms with Gasteiger partial charge in [-0.25, -0.2) is 8.78 Å². The Kier molecular flexibility index (Phi) is 5.55. The van der Waals surface area contributed by atoms with E-state index in [-0.39, 0.29) is 28.4 Å². The van der Waals surface area contributed by atoms with Gasteiger partial charge in [0.2, 0.25) is 5.91 Å². The lowest BCUT2D eigenvalue weighted by Gasteiger charge is -2.26. The van der Waals surface area contributed by atoms with Crippen LogP contribution in [0.15, 0.2) is 66.7 Å². The molecule has 0 radical (unpaired) electrons. The highest BCUT2D eigenvalue weighted by atomic mass is 32.2. The first-order chi connectivity index (χ1) is 14.5. The van der Waals surface area contributed by atoms with Crippen LogP contribution in [0, 0.1) is 18.6 Å². The first-order valence-corrected chi connectivity index (χ1v) is 10.3. The fourth-order valence-corrected chi connectivity index (χ4v) is 4.56. The lowest BCUT2D eigenvalue weighted by atomic mass is 10.1. The number of rotatable bonds is 4. The minimum Gasteiger partial charge on any atom is -0.322 e. The normalized spacial score (nSPS) is 16.0. The maximum atomic E-state index is 14.1. The molecule has 0 saturated carbocycles. The van der Waals surface area contributed by atoms with Crippen molar-refractivity contribution in [2.45, 2.75) is 12.3 Å². The number of thioether (sulfide) groups is 1. The van der Waals surface area contributed by atoms with E-state index in [0.29, 0.717) is 16.9 Å². The second kappa shape index (κ2) is 8.28. The molecular formula is C23H18F2N2O2S. The topological polar surface area (TPSA) is 49.4 Å². The Hall–Kier alpha value is -3.19. The number of benzene rings is 3. The van der Waals surface area contributed by atoms with Crippen LogP contribution in [0.25, 0.3) is 0 Å². The average molecular weight is 424 g/mol. The van der Waals surface area contributed by atoms with Crippen molar-refractivity contribution in [2.75, 3.05) is 16.0 Å². The van der Waals surface area contributed by atoms with E-state index in [1.165, 1.54) is 36.0 Å². The summed E-state index contributed by atoms with van der Waals surface area (Å²) >= 11 is 1.43. The highest BCUT2D eigenvalue weighted by Crippen LogP contribution is 2.43. The molecule has 1 heterocycles. The Bertz CT molecular complexity index is 1140. The largest absolute Gasteiger partial charge is 0.322 e. The van der Waals surface area contributed by atoms with Gasteiger partial charge in [0.15, 0.2) is 0 Å². The zero-order chi connectivity index (χ0) is 21.3. The van der Waals surface area contributed by atoms with Crippen LogP contribution in [0.3, 0.4) is 0 Å². The van der Waals surface area contributed by atoms with Crippen LogP contribution in [-0.4, -0.2) is 17.6 Å². The smallest absolute Gasteiger partial charge is 0.258 e. The summed E-state index contributed by atoms with van der Waals surface area (Å²) in [6.45, 7) is 1.64. The van der Waals surface area contributed by atoms with Gasteiger partial charge in [0.25, 0.3) is 5.91 Å². The molecule has 1 saturated heterocycles. The van der Waals surface area contributed by atoms with Gasteiger partial charge < -0.3 is 5.32 Å². The van der Waals surface area contributed by atoms with Crippen molar-refractivity contribution in [1.82, 2.24) is 0 Å². The molecular weight excluding hydrogens is 406 g/mol. The van der Waals surface area contributed by atoms with Gasteiger partial charge >= 0.3 is 0 Å². The summed E-state index contributed by atoms with van der Waals surface area (Å²) in [7, 11) is 0. The first kappa shape index (κ1) is 20.1. The van der Waals surface area contributed by atoms with E-state index in [9.17, 15) is 18.4 Å². The molecule has 1 N–H and O–H groups in total. The van der Waals surface area contributed by atoms with E-state index < -0.39 is 11.7 Å². The second-order valence-electron chi connectivity index (χ2n) is 6.87. The molecule has 30 heavy (non-hydrogen) atoms. The predicted octanol–water partition coefficient (Wildman–Crippen LogP) is 5.30. The number of carbonyl (C=O) groups is 2. The number of amides is 2. The molecule has 4 rings (SSSR count). The average Bonchev–Trinajstić information content (AvgIpc) is 3.12. The van der Waals surface area contributed by atoms with Gasteiger partial charge in [-0.3, -0.25) is 14.5 Å². The van der Waals surface area contributed by atoms with Crippen LogP contribution in [0.2, 0.25) is 0 Å². The summed E-state index contributed by atoms with van der Waals surface area (Å²) in [5, 5.41) is 2.34. The SMILES string of the molecule is Cc1c(F)cccc1N1C(=O)CS[C@H]1c1cccc(NC(=O)c2ccccc2F)c1. The Labute approximate surface area is 176 Å². The molecule has 0 aromatic heterocycles. The Morgan fingerprint density at radius 1 is 1.03 bits per heavy atom. The minimum atomic E-state index is -0.601. The number of hydrogen-bond donors (Lipinski definition) is 1. The van der Waals surface area contributed by atoms with Crippen LogP contribution in [0.4, 0.5) is 20.2 Å². The van der Waals surface area contributed by atoms with Crippen molar-refractivity contribution < 1.29 is 18.4 Å². The maximum absolute atomic E-state index is 14.1. The van der Waals surface area contributed by atoms with Crippen molar-refractivity contribution in [3.8, 4) is 0 Å². The molecule has 152 valence electrons. The highest BCUT2D eigenvalue weighted by molar-refractivity contribution is 8.00. The van der Waals surface area contributed by atoms with Gasteiger partial charge in [-0.05, 0) is 48.9 Å². The molecule has 0 spiro atoms. The molecule has 0 unspecified atom stereocenters. The van der Waals surface area contributed by atoms with Crippen LogP contribution >= 0.6 is 11.8 Å². The molecule has 1 aliphatic heterocycles.